The molecule has 0 saturated heterocycles. The summed E-state index contributed by atoms with van der Waals surface area (Å²) in [7, 11) is 1.90. The molecular formula is C13H14ClN5S. The summed E-state index contributed by atoms with van der Waals surface area (Å²) in [4.78, 5) is 10.8. The predicted octanol–water partition coefficient (Wildman–Crippen LogP) is 3.25. The molecule has 0 bridgehead atoms. The van der Waals surface area contributed by atoms with Crippen molar-refractivity contribution in [1.82, 2.24) is 19.7 Å². The van der Waals surface area contributed by atoms with E-state index in [-0.39, 0.29) is 5.28 Å². The summed E-state index contributed by atoms with van der Waals surface area (Å²) in [5.74, 6) is 0.778. The Morgan fingerprint density at radius 2 is 2.25 bits per heavy atom. The molecule has 0 aliphatic rings. The van der Waals surface area contributed by atoms with E-state index in [2.05, 4.69) is 33.4 Å². The number of thiophene rings is 1. The number of nitrogens with one attached hydrogen (secondary N) is 1. The molecule has 0 amide bonds. The molecule has 0 unspecified atom stereocenters. The maximum Gasteiger partial charge on any atom is 0.225 e. The first-order valence-corrected chi connectivity index (χ1v) is 7.52. The summed E-state index contributed by atoms with van der Waals surface area (Å²) in [5, 5.41) is 8.76. The zero-order chi connectivity index (χ0) is 14.1. The lowest BCUT2D eigenvalue weighted by Gasteiger charge is -2.05. The van der Waals surface area contributed by atoms with E-state index in [0.717, 1.165) is 28.0 Å². The maximum absolute atomic E-state index is 5.99. The van der Waals surface area contributed by atoms with Gasteiger partial charge in [-0.05, 0) is 24.1 Å². The molecule has 3 rings (SSSR count). The van der Waals surface area contributed by atoms with Crippen molar-refractivity contribution < 1.29 is 0 Å². The van der Waals surface area contributed by atoms with Gasteiger partial charge in [0.1, 0.15) is 10.6 Å². The van der Waals surface area contributed by atoms with Crippen LogP contribution in [0.25, 0.3) is 10.2 Å². The van der Waals surface area contributed by atoms with Gasteiger partial charge in [-0.2, -0.15) is 5.10 Å². The van der Waals surface area contributed by atoms with Crippen molar-refractivity contribution in [3.8, 4) is 0 Å². The fourth-order valence-corrected chi connectivity index (χ4v) is 3.19. The second kappa shape index (κ2) is 5.38. The molecule has 0 radical (unpaired) electrons. The van der Waals surface area contributed by atoms with E-state index in [4.69, 9.17) is 11.6 Å². The number of aryl methyl sites for hydroxylation is 2. The molecule has 3 aromatic rings. The van der Waals surface area contributed by atoms with Crippen LogP contribution in [0.1, 0.15) is 17.4 Å². The van der Waals surface area contributed by atoms with Crippen LogP contribution in [0.4, 0.5) is 5.82 Å². The number of aromatic nitrogens is 4. The lowest BCUT2D eigenvalue weighted by atomic mass is 10.3. The summed E-state index contributed by atoms with van der Waals surface area (Å²) in [6.45, 7) is 2.79. The Bertz CT molecular complexity index is 748. The number of fused-ring (bicyclic) bond motifs is 1. The molecule has 0 aliphatic carbocycles. The molecule has 1 N–H and O–H groups in total. The first kappa shape index (κ1) is 13.3. The Morgan fingerprint density at radius 1 is 1.40 bits per heavy atom. The molecule has 7 heteroatoms. The zero-order valence-electron chi connectivity index (χ0n) is 11.2. The number of rotatable bonds is 4. The van der Waals surface area contributed by atoms with Gasteiger partial charge in [-0.3, -0.25) is 4.68 Å². The third-order valence-corrected chi connectivity index (χ3v) is 4.33. The Balaban J connectivity index is 1.91. The van der Waals surface area contributed by atoms with Crippen LogP contribution in [-0.2, 0) is 20.0 Å². The lowest BCUT2D eigenvalue weighted by Crippen LogP contribution is -2.01. The predicted molar refractivity (Wildman–Crippen MR) is 82.3 cm³/mol. The maximum atomic E-state index is 5.99. The standard InChI is InChI=1S/C13H14ClN5S/c1-3-9-4-10-11(17-13(14)18-12(10)20-9)15-5-8-6-16-19(2)7-8/h4,6-7H,3,5H2,1-2H3,(H,15,17,18). The minimum Gasteiger partial charge on any atom is -0.365 e. The molecule has 0 aliphatic heterocycles. The van der Waals surface area contributed by atoms with Crippen LogP contribution in [0.2, 0.25) is 5.28 Å². The van der Waals surface area contributed by atoms with Gasteiger partial charge >= 0.3 is 0 Å². The van der Waals surface area contributed by atoms with Crippen LogP contribution < -0.4 is 5.32 Å². The molecular weight excluding hydrogens is 294 g/mol. The monoisotopic (exact) mass is 307 g/mol. The highest BCUT2D eigenvalue weighted by molar-refractivity contribution is 7.18. The van der Waals surface area contributed by atoms with Gasteiger partial charge in [-0.25, -0.2) is 9.97 Å². The Kier molecular flexibility index (Phi) is 3.58. The highest BCUT2D eigenvalue weighted by Gasteiger charge is 2.10. The van der Waals surface area contributed by atoms with Crippen LogP contribution in [0.3, 0.4) is 0 Å². The van der Waals surface area contributed by atoms with Gasteiger partial charge in [0.2, 0.25) is 5.28 Å². The van der Waals surface area contributed by atoms with Crippen LogP contribution in [0.15, 0.2) is 18.5 Å². The molecule has 0 spiro atoms. The van der Waals surface area contributed by atoms with Crippen molar-refractivity contribution in [2.24, 2.45) is 7.05 Å². The molecule has 104 valence electrons. The average molecular weight is 308 g/mol. The summed E-state index contributed by atoms with van der Waals surface area (Å²) >= 11 is 7.65. The molecule has 5 nitrogen and oxygen atoms in total. The molecule has 20 heavy (non-hydrogen) atoms. The zero-order valence-corrected chi connectivity index (χ0v) is 12.8. The van der Waals surface area contributed by atoms with Crippen LogP contribution in [0, 0.1) is 0 Å². The van der Waals surface area contributed by atoms with Gasteiger partial charge in [0.25, 0.3) is 0 Å². The number of hydrogen-bond donors (Lipinski definition) is 1. The number of nitrogens with zero attached hydrogens (tertiary/aromatic N) is 4. The topological polar surface area (TPSA) is 55.6 Å². The number of anilines is 1. The van der Waals surface area contributed by atoms with Gasteiger partial charge in [-0.15, -0.1) is 11.3 Å². The van der Waals surface area contributed by atoms with Gasteiger partial charge in [0.05, 0.1) is 11.6 Å². The van der Waals surface area contributed by atoms with Crippen molar-refractivity contribution in [3.05, 3.63) is 34.2 Å². The molecule has 0 atom stereocenters. The third kappa shape index (κ3) is 2.62. The van der Waals surface area contributed by atoms with Gasteiger partial charge in [-0.1, -0.05) is 6.92 Å². The minimum atomic E-state index is 0.274. The Hall–Kier alpha value is -1.66. The van der Waals surface area contributed by atoms with Gasteiger partial charge in [0.15, 0.2) is 0 Å². The fourth-order valence-electron chi connectivity index (χ4n) is 2.00. The molecule has 3 heterocycles. The second-order valence-electron chi connectivity index (χ2n) is 4.50. The van der Waals surface area contributed by atoms with Crippen molar-refractivity contribution in [2.75, 3.05) is 5.32 Å². The second-order valence-corrected chi connectivity index (χ2v) is 5.96. The van der Waals surface area contributed by atoms with Crippen molar-refractivity contribution >= 4 is 39.0 Å². The van der Waals surface area contributed by atoms with E-state index in [0.29, 0.717) is 6.54 Å². The van der Waals surface area contributed by atoms with E-state index < -0.39 is 0 Å². The molecule has 3 aromatic heterocycles. The lowest BCUT2D eigenvalue weighted by molar-refractivity contribution is 0.767. The average Bonchev–Trinajstić information content (AvgIpc) is 3.01. The summed E-state index contributed by atoms with van der Waals surface area (Å²) in [6.07, 6.45) is 4.79. The highest BCUT2D eigenvalue weighted by atomic mass is 35.5. The quantitative estimate of drug-likeness (QED) is 0.752. The van der Waals surface area contributed by atoms with Crippen LogP contribution >= 0.6 is 22.9 Å². The van der Waals surface area contributed by atoms with Crippen LogP contribution in [-0.4, -0.2) is 19.7 Å². The summed E-state index contributed by atoms with van der Waals surface area (Å²) in [5.41, 5.74) is 1.10. The Morgan fingerprint density at radius 3 is 2.95 bits per heavy atom. The minimum absolute atomic E-state index is 0.274. The van der Waals surface area contributed by atoms with E-state index in [9.17, 15) is 0 Å². The first-order chi connectivity index (χ1) is 9.65. The molecule has 0 fully saturated rings. The third-order valence-electron chi connectivity index (χ3n) is 2.98. The highest BCUT2D eigenvalue weighted by Crippen LogP contribution is 2.30. The first-order valence-electron chi connectivity index (χ1n) is 6.33. The van der Waals surface area contributed by atoms with E-state index in [1.165, 1.54) is 4.88 Å². The largest absolute Gasteiger partial charge is 0.365 e. The van der Waals surface area contributed by atoms with Crippen molar-refractivity contribution in [3.63, 3.8) is 0 Å². The molecule has 0 aromatic carbocycles. The summed E-state index contributed by atoms with van der Waals surface area (Å²) < 4.78 is 1.78. The van der Waals surface area contributed by atoms with E-state index in [1.54, 1.807) is 16.0 Å². The normalized spacial score (nSPS) is 11.2. The number of halogens is 1. The Labute approximate surface area is 125 Å². The smallest absolute Gasteiger partial charge is 0.225 e. The van der Waals surface area contributed by atoms with Crippen molar-refractivity contribution in [2.45, 2.75) is 19.9 Å². The summed E-state index contributed by atoms with van der Waals surface area (Å²) in [6, 6.07) is 2.13. The van der Waals surface area contributed by atoms with Crippen LogP contribution in [0.5, 0.6) is 0 Å². The van der Waals surface area contributed by atoms with E-state index in [1.807, 2.05) is 19.4 Å². The fraction of sp³-hybridized carbons (Fsp3) is 0.308. The van der Waals surface area contributed by atoms with E-state index >= 15 is 0 Å². The van der Waals surface area contributed by atoms with Gasteiger partial charge in [0, 0.05) is 30.2 Å². The van der Waals surface area contributed by atoms with Crippen molar-refractivity contribution in [1.29, 1.82) is 0 Å². The SMILES string of the molecule is CCc1cc2c(NCc3cnn(C)c3)nc(Cl)nc2s1. The van der Waals surface area contributed by atoms with Gasteiger partial charge < -0.3 is 5.32 Å². The molecule has 0 saturated carbocycles. The number of hydrogen-bond acceptors (Lipinski definition) is 5.